The Kier molecular flexibility index (Phi) is 4.53. The predicted octanol–water partition coefficient (Wildman–Crippen LogP) is 2.09. The van der Waals surface area contributed by atoms with E-state index in [2.05, 4.69) is 0 Å². The van der Waals surface area contributed by atoms with Crippen LogP contribution < -0.4 is 0 Å². The van der Waals surface area contributed by atoms with Gasteiger partial charge < -0.3 is 9.64 Å². The third kappa shape index (κ3) is 3.96. The molecular weight excluding hydrogens is 190 g/mol. The van der Waals surface area contributed by atoms with Crippen molar-refractivity contribution in [2.24, 2.45) is 5.92 Å². The summed E-state index contributed by atoms with van der Waals surface area (Å²) in [6, 6.07) is 0. The first-order chi connectivity index (χ1) is 6.20. The van der Waals surface area contributed by atoms with Crippen LogP contribution in [0.25, 0.3) is 0 Å². The van der Waals surface area contributed by atoms with Crippen LogP contribution in [0.4, 0.5) is 4.79 Å². The fraction of sp³-hybridized carbons (Fsp3) is 0.889. The first kappa shape index (κ1) is 10.8. The molecule has 1 aliphatic rings. The molecular formula is C9H16ClNO2. The molecule has 0 N–H and O–H groups in total. The van der Waals surface area contributed by atoms with Crippen LogP contribution in [0.2, 0.25) is 0 Å². The Balaban J connectivity index is 2.13. The molecule has 0 aromatic heterocycles. The maximum atomic E-state index is 10.7. The fourth-order valence-corrected chi connectivity index (χ4v) is 1.58. The number of halogens is 1. The summed E-state index contributed by atoms with van der Waals surface area (Å²) >= 11 is 5.31. The smallest absolute Gasteiger partial charge is 0.316 e. The van der Waals surface area contributed by atoms with Crippen molar-refractivity contribution in [3.63, 3.8) is 0 Å². The Morgan fingerprint density at radius 3 is 2.69 bits per heavy atom. The van der Waals surface area contributed by atoms with Gasteiger partial charge in [0.1, 0.15) is 0 Å². The zero-order valence-electron chi connectivity index (χ0n) is 7.96. The van der Waals surface area contributed by atoms with Crippen molar-refractivity contribution in [2.45, 2.75) is 19.3 Å². The molecule has 1 amide bonds. The van der Waals surface area contributed by atoms with Gasteiger partial charge in [0.15, 0.2) is 0 Å². The second-order valence-corrected chi connectivity index (χ2v) is 3.84. The molecule has 3 nitrogen and oxygen atoms in total. The summed E-state index contributed by atoms with van der Waals surface area (Å²) < 4.78 is 5.25. The molecule has 0 bridgehead atoms. The van der Waals surface area contributed by atoms with Gasteiger partial charge in [-0.3, -0.25) is 4.79 Å². The molecule has 0 radical (unpaired) electrons. The van der Waals surface area contributed by atoms with Crippen LogP contribution in [0, 0.1) is 5.92 Å². The lowest BCUT2D eigenvalue weighted by Crippen LogP contribution is -2.26. The van der Waals surface area contributed by atoms with Gasteiger partial charge in [0.05, 0.1) is 0 Å². The summed E-state index contributed by atoms with van der Waals surface area (Å²) in [7, 11) is 1.73. The van der Waals surface area contributed by atoms with Gasteiger partial charge in [-0.05, 0) is 36.8 Å². The van der Waals surface area contributed by atoms with E-state index in [9.17, 15) is 4.79 Å². The molecule has 13 heavy (non-hydrogen) atoms. The topological polar surface area (TPSA) is 29.5 Å². The molecule has 0 aromatic rings. The Morgan fingerprint density at radius 2 is 2.15 bits per heavy atom. The molecule has 0 saturated carbocycles. The molecule has 0 aliphatic carbocycles. The molecule has 1 rings (SSSR count). The number of carbonyl (C=O) groups is 1. The number of hydrogen-bond donors (Lipinski definition) is 0. The van der Waals surface area contributed by atoms with E-state index in [4.69, 9.17) is 16.3 Å². The Bertz CT molecular complexity index is 169. The molecule has 1 heterocycles. The maximum absolute atomic E-state index is 10.7. The van der Waals surface area contributed by atoms with E-state index in [0.29, 0.717) is 5.92 Å². The van der Waals surface area contributed by atoms with Gasteiger partial charge in [-0.2, -0.15) is 0 Å². The van der Waals surface area contributed by atoms with Crippen LogP contribution in [-0.4, -0.2) is 37.1 Å². The van der Waals surface area contributed by atoms with Crippen LogP contribution in [0.1, 0.15) is 19.3 Å². The molecule has 0 atom stereocenters. The van der Waals surface area contributed by atoms with E-state index in [1.807, 2.05) is 0 Å². The molecule has 1 fully saturated rings. The highest BCUT2D eigenvalue weighted by Gasteiger charge is 2.15. The fourth-order valence-electron chi connectivity index (χ4n) is 1.50. The van der Waals surface area contributed by atoms with Crippen LogP contribution in [-0.2, 0) is 4.74 Å². The molecule has 4 heteroatoms. The zero-order valence-corrected chi connectivity index (χ0v) is 8.72. The van der Waals surface area contributed by atoms with Gasteiger partial charge in [-0.15, -0.1) is 0 Å². The predicted molar refractivity (Wildman–Crippen MR) is 52.0 cm³/mol. The second kappa shape index (κ2) is 5.45. The summed E-state index contributed by atoms with van der Waals surface area (Å²) in [6.45, 7) is 2.49. The van der Waals surface area contributed by atoms with Gasteiger partial charge in [-0.25, -0.2) is 0 Å². The second-order valence-electron chi connectivity index (χ2n) is 3.52. The van der Waals surface area contributed by atoms with Crippen molar-refractivity contribution in [2.75, 3.05) is 26.8 Å². The number of amides is 1. The highest BCUT2D eigenvalue weighted by molar-refractivity contribution is 6.62. The van der Waals surface area contributed by atoms with Gasteiger partial charge in [0, 0.05) is 26.8 Å². The zero-order chi connectivity index (χ0) is 9.68. The minimum absolute atomic E-state index is 0.368. The lowest BCUT2D eigenvalue weighted by Gasteiger charge is -2.23. The average Bonchev–Trinajstić information content (AvgIpc) is 2.15. The quantitative estimate of drug-likeness (QED) is 0.522. The molecule has 0 aromatic carbocycles. The van der Waals surface area contributed by atoms with Crippen molar-refractivity contribution in [3.05, 3.63) is 0 Å². The molecule has 1 saturated heterocycles. The summed E-state index contributed by atoms with van der Waals surface area (Å²) in [5.74, 6) is 0.701. The molecule has 0 unspecified atom stereocenters. The van der Waals surface area contributed by atoms with E-state index in [-0.39, 0.29) is 5.37 Å². The Labute approximate surface area is 84.0 Å². The van der Waals surface area contributed by atoms with E-state index >= 15 is 0 Å². The van der Waals surface area contributed by atoms with Crippen LogP contribution in [0.5, 0.6) is 0 Å². The van der Waals surface area contributed by atoms with Crippen LogP contribution in [0.3, 0.4) is 0 Å². The van der Waals surface area contributed by atoms with Gasteiger partial charge >= 0.3 is 5.37 Å². The Hall–Kier alpha value is -0.280. The van der Waals surface area contributed by atoms with Crippen molar-refractivity contribution < 1.29 is 9.53 Å². The van der Waals surface area contributed by atoms with E-state index in [1.54, 1.807) is 11.9 Å². The monoisotopic (exact) mass is 205 g/mol. The SMILES string of the molecule is CN(CCC1CCOCC1)C(=O)Cl. The molecule has 1 aliphatic heterocycles. The highest BCUT2D eigenvalue weighted by Crippen LogP contribution is 2.18. The van der Waals surface area contributed by atoms with Crippen LogP contribution >= 0.6 is 11.6 Å². The van der Waals surface area contributed by atoms with E-state index in [0.717, 1.165) is 39.0 Å². The highest BCUT2D eigenvalue weighted by atomic mass is 35.5. The summed E-state index contributed by atoms with van der Waals surface area (Å²) in [5, 5.41) is -0.368. The minimum atomic E-state index is -0.368. The third-order valence-corrected chi connectivity index (χ3v) is 2.80. The first-order valence-corrected chi connectivity index (χ1v) is 5.06. The number of nitrogens with zero attached hydrogens (tertiary/aromatic N) is 1. The van der Waals surface area contributed by atoms with Gasteiger partial charge in [-0.1, -0.05) is 0 Å². The number of hydrogen-bond acceptors (Lipinski definition) is 2. The lowest BCUT2D eigenvalue weighted by atomic mass is 9.96. The van der Waals surface area contributed by atoms with Gasteiger partial charge in [0.25, 0.3) is 0 Å². The standard InChI is InChI=1S/C9H16ClNO2/c1-11(9(10)12)5-2-8-3-6-13-7-4-8/h8H,2-7H2,1H3. The van der Waals surface area contributed by atoms with Crippen molar-refractivity contribution in [1.29, 1.82) is 0 Å². The summed E-state index contributed by atoms with van der Waals surface area (Å²) in [4.78, 5) is 12.2. The summed E-state index contributed by atoms with van der Waals surface area (Å²) in [6.07, 6.45) is 3.27. The number of ether oxygens (including phenoxy) is 1. The minimum Gasteiger partial charge on any atom is -0.381 e. The van der Waals surface area contributed by atoms with E-state index < -0.39 is 0 Å². The van der Waals surface area contributed by atoms with Gasteiger partial charge in [0.2, 0.25) is 0 Å². The van der Waals surface area contributed by atoms with E-state index in [1.165, 1.54) is 0 Å². The maximum Gasteiger partial charge on any atom is 0.316 e. The van der Waals surface area contributed by atoms with Crippen molar-refractivity contribution in [3.8, 4) is 0 Å². The average molecular weight is 206 g/mol. The largest absolute Gasteiger partial charge is 0.381 e. The summed E-state index contributed by atoms with van der Waals surface area (Å²) in [5.41, 5.74) is 0. The normalized spacial score (nSPS) is 18.6. The first-order valence-electron chi connectivity index (χ1n) is 4.68. The number of rotatable bonds is 3. The van der Waals surface area contributed by atoms with Crippen molar-refractivity contribution in [1.82, 2.24) is 4.90 Å². The molecule has 76 valence electrons. The number of carbonyl (C=O) groups excluding carboxylic acids is 1. The van der Waals surface area contributed by atoms with Crippen LogP contribution in [0.15, 0.2) is 0 Å². The third-order valence-electron chi connectivity index (χ3n) is 2.51. The Morgan fingerprint density at radius 1 is 1.54 bits per heavy atom. The lowest BCUT2D eigenvalue weighted by molar-refractivity contribution is 0.0622. The molecule has 0 spiro atoms. The van der Waals surface area contributed by atoms with Crippen molar-refractivity contribution >= 4 is 17.0 Å².